The molecule has 3 aromatic rings. The highest BCUT2D eigenvalue weighted by Gasteiger charge is 2.29. The third-order valence-corrected chi connectivity index (χ3v) is 4.37. The van der Waals surface area contributed by atoms with Gasteiger partial charge in [0.05, 0.1) is 16.3 Å². The zero-order valence-corrected chi connectivity index (χ0v) is 13.9. The molecule has 1 aliphatic carbocycles. The van der Waals surface area contributed by atoms with Crippen molar-refractivity contribution in [3.63, 3.8) is 0 Å². The highest BCUT2D eigenvalue weighted by atomic mass is 16.6. The van der Waals surface area contributed by atoms with E-state index in [1.54, 1.807) is 19.2 Å². The van der Waals surface area contributed by atoms with Gasteiger partial charge in [0.25, 0.3) is 5.69 Å². The number of nitrogens with zero attached hydrogens (tertiary/aromatic N) is 3. The number of aryl methyl sites for hydroxylation is 2. The molecule has 1 heterocycles. The lowest BCUT2D eigenvalue weighted by molar-refractivity contribution is -0.385. The largest absolute Gasteiger partial charge is 0.272 e. The van der Waals surface area contributed by atoms with Gasteiger partial charge in [-0.1, -0.05) is 18.2 Å². The summed E-state index contributed by atoms with van der Waals surface area (Å²) in [4.78, 5) is 20.2. The number of hydrogen-bond acceptors (Lipinski definition) is 4. The quantitative estimate of drug-likeness (QED) is 0.393. The Kier molecular flexibility index (Phi) is 3.42. The van der Waals surface area contributed by atoms with E-state index in [9.17, 15) is 10.1 Å². The van der Waals surface area contributed by atoms with Gasteiger partial charge in [0.15, 0.2) is 0 Å². The van der Waals surface area contributed by atoms with Gasteiger partial charge in [-0.05, 0) is 49.2 Å². The van der Waals surface area contributed by atoms with Crippen molar-refractivity contribution in [3.05, 3.63) is 87.2 Å². The molecule has 4 rings (SSSR count). The molecule has 0 saturated carbocycles. The Hall–Kier alpha value is -3.34. The molecule has 5 heteroatoms. The van der Waals surface area contributed by atoms with Crippen LogP contribution in [0.5, 0.6) is 0 Å². The lowest BCUT2D eigenvalue weighted by atomic mass is 10.0. The SMILES string of the molecule is Cc1cc2c(cn1)C(=Nc1ccccc1)c1cc(C)c([N+](=O)[O-])cc1-2. The van der Waals surface area contributed by atoms with Gasteiger partial charge in [0, 0.05) is 34.6 Å². The molecule has 0 amide bonds. The zero-order valence-electron chi connectivity index (χ0n) is 13.9. The van der Waals surface area contributed by atoms with Crippen LogP contribution in [-0.2, 0) is 0 Å². The molecule has 0 spiro atoms. The molecule has 122 valence electrons. The first-order valence-electron chi connectivity index (χ1n) is 7.95. The van der Waals surface area contributed by atoms with Crippen LogP contribution in [0.1, 0.15) is 22.4 Å². The number of benzene rings is 2. The second-order valence-electron chi connectivity index (χ2n) is 6.11. The minimum absolute atomic E-state index is 0.125. The highest BCUT2D eigenvalue weighted by molar-refractivity contribution is 6.25. The summed E-state index contributed by atoms with van der Waals surface area (Å²) in [6, 6.07) is 15.1. The Bertz CT molecular complexity index is 1040. The number of aromatic nitrogens is 1. The van der Waals surface area contributed by atoms with Crippen LogP contribution in [0.4, 0.5) is 11.4 Å². The summed E-state index contributed by atoms with van der Waals surface area (Å²) >= 11 is 0. The number of rotatable bonds is 2. The first-order valence-corrected chi connectivity index (χ1v) is 7.95. The van der Waals surface area contributed by atoms with Crippen molar-refractivity contribution in [3.8, 4) is 11.1 Å². The van der Waals surface area contributed by atoms with Crippen LogP contribution in [0, 0.1) is 24.0 Å². The van der Waals surface area contributed by atoms with Crippen molar-refractivity contribution in [2.45, 2.75) is 13.8 Å². The summed E-state index contributed by atoms with van der Waals surface area (Å²) in [5, 5.41) is 11.3. The Balaban J connectivity index is 2.02. The van der Waals surface area contributed by atoms with E-state index in [0.717, 1.165) is 39.3 Å². The van der Waals surface area contributed by atoms with E-state index in [-0.39, 0.29) is 10.6 Å². The molecular weight excluding hydrogens is 314 g/mol. The second kappa shape index (κ2) is 5.63. The molecule has 2 aromatic carbocycles. The second-order valence-corrected chi connectivity index (χ2v) is 6.11. The maximum Gasteiger partial charge on any atom is 0.272 e. The predicted molar refractivity (Wildman–Crippen MR) is 97.5 cm³/mol. The third-order valence-electron chi connectivity index (χ3n) is 4.37. The minimum atomic E-state index is -0.338. The molecule has 1 aromatic heterocycles. The van der Waals surface area contributed by atoms with Crippen molar-refractivity contribution in [2.75, 3.05) is 0 Å². The van der Waals surface area contributed by atoms with Crippen LogP contribution in [0.15, 0.2) is 59.7 Å². The number of para-hydroxylation sites is 1. The van der Waals surface area contributed by atoms with E-state index >= 15 is 0 Å². The van der Waals surface area contributed by atoms with Crippen molar-refractivity contribution >= 4 is 17.1 Å². The van der Waals surface area contributed by atoms with Crippen LogP contribution in [-0.4, -0.2) is 15.6 Å². The smallest absolute Gasteiger partial charge is 0.261 e. The normalized spacial score (nSPS) is 13.6. The lowest BCUT2D eigenvalue weighted by Crippen LogP contribution is -2.00. The Morgan fingerprint density at radius 3 is 2.40 bits per heavy atom. The Morgan fingerprint density at radius 2 is 1.68 bits per heavy atom. The zero-order chi connectivity index (χ0) is 17.6. The Labute approximate surface area is 144 Å². The molecule has 0 fully saturated rings. The van der Waals surface area contributed by atoms with Crippen molar-refractivity contribution < 1.29 is 4.92 Å². The number of hydrogen-bond donors (Lipinski definition) is 0. The van der Waals surface area contributed by atoms with Gasteiger partial charge in [-0.25, -0.2) is 4.99 Å². The van der Waals surface area contributed by atoms with Gasteiger partial charge >= 0.3 is 0 Å². The molecule has 0 bridgehead atoms. The molecule has 0 N–H and O–H groups in total. The van der Waals surface area contributed by atoms with E-state index < -0.39 is 0 Å². The number of pyridine rings is 1. The van der Waals surface area contributed by atoms with Crippen LogP contribution in [0.2, 0.25) is 0 Å². The fraction of sp³-hybridized carbons (Fsp3) is 0.100. The van der Waals surface area contributed by atoms with E-state index in [0.29, 0.717) is 5.56 Å². The molecule has 0 aliphatic heterocycles. The fourth-order valence-corrected chi connectivity index (χ4v) is 3.18. The van der Waals surface area contributed by atoms with Crippen LogP contribution in [0.3, 0.4) is 0 Å². The predicted octanol–water partition coefficient (Wildman–Crippen LogP) is 4.76. The Morgan fingerprint density at radius 1 is 0.960 bits per heavy atom. The number of nitro groups is 1. The number of fused-ring (bicyclic) bond motifs is 3. The summed E-state index contributed by atoms with van der Waals surface area (Å²) in [7, 11) is 0. The lowest BCUT2D eigenvalue weighted by Gasteiger charge is -2.04. The molecule has 0 unspecified atom stereocenters. The molecule has 25 heavy (non-hydrogen) atoms. The third kappa shape index (κ3) is 2.50. The van der Waals surface area contributed by atoms with E-state index in [1.807, 2.05) is 49.4 Å². The monoisotopic (exact) mass is 329 g/mol. The summed E-state index contributed by atoms with van der Waals surface area (Å²) in [6.45, 7) is 3.67. The highest BCUT2D eigenvalue weighted by Crippen LogP contribution is 2.41. The average molecular weight is 329 g/mol. The molecule has 5 nitrogen and oxygen atoms in total. The topological polar surface area (TPSA) is 68.4 Å². The van der Waals surface area contributed by atoms with E-state index in [1.165, 1.54) is 0 Å². The van der Waals surface area contributed by atoms with Crippen molar-refractivity contribution in [1.29, 1.82) is 0 Å². The van der Waals surface area contributed by atoms with Crippen LogP contribution in [0.25, 0.3) is 11.1 Å². The van der Waals surface area contributed by atoms with E-state index in [2.05, 4.69) is 4.98 Å². The molecule has 0 radical (unpaired) electrons. The maximum absolute atomic E-state index is 11.3. The van der Waals surface area contributed by atoms with Gasteiger partial charge in [0.2, 0.25) is 0 Å². The number of nitro benzene ring substituents is 1. The van der Waals surface area contributed by atoms with Crippen molar-refractivity contribution in [2.24, 2.45) is 4.99 Å². The summed E-state index contributed by atoms with van der Waals surface area (Å²) in [5.74, 6) is 0. The van der Waals surface area contributed by atoms with Gasteiger partial charge in [-0.3, -0.25) is 15.1 Å². The van der Waals surface area contributed by atoms with Crippen molar-refractivity contribution in [1.82, 2.24) is 4.98 Å². The summed E-state index contributed by atoms with van der Waals surface area (Å²) in [5.41, 5.74) is 6.87. The van der Waals surface area contributed by atoms with Gasteiger partial charge < -0.3 is 0 Å². The molecule has 1 aliphatic rings. The van der Waals surface area contributed by atoms with Crippen LogP contribution < -0.4 is 0 Å². The standard InChI is InChI=1S/C20H15N3O2/c1-12-8-17-16(10-19(12)23(24)25)15-9-13(2)21-11-18(15)20(17)22-14-6-4-3-5-7-14/h3-11H,1-2H3. The van der Waals surface area contributed by atoms with Gasteiger partial charge in [-0.15, -0.1) is 0 Å². The molecular formula is C20H15N3O2. The number of aliphatic imine (C=N–C) groups is 1. The summed E-state index contributed by atoms with van der Waals surface area (Å²) in [6.07, 6.45) is 1.80. The fourth-order valence-electron chi connectivity index (χ4n) is 3.18. The molecule has 0 saturated heterocycles. The summed E-state index contributed by atoms with van der Waals surface area (Å²) < 4.78 is 0. The maximum atomic E-state index is 11.3. The van der Waals surface area contributed by atoms with Gasteiger partial charge in [-0.2, -0.15) is 0 Å². The van der Waals surface area contributed by atoms with Crippen LogP contribution >= 0.6 is 0 Å². The minimum Gasteiger partial charge on any atom is -0.261 e. The average Bonchev–Trinajstić information content (AvgIpc) is 2.87. The first kappa shape index (κ1) is 15.2. The molecule has 0 atom stereocenters. The first-order chi connectivity index (χ1) is 12.0. The van der Waals surface area contributed by atoms with Gasteiger partial charge in [0.1, 0.15) is 0 Å². The van der Waals surface area contributed by atoms with E-state index in [4.69, 9.17) is 4.99 Å².